The number of aliphatic hydroxyl groups excluding tert-OH is 1. The van der Waals surface area contributed by atoms with Crippen LogP contribution in [0.3, 0.4) is 0 Å². The zero-order valence-corrected chi connectivity index (χ0v) is 10.0. The summed E-state index contributed by atoms with van der Waals surface area (Å²) in [7, 11) is 1.83. The minimum Gasteiger partial charge on any atom is -0.396 e. The van der Waals surface area contributed by atoms with Crippen LogP contribution in [0.1, 0.15) is 29.4 Å². The Balaban J connectivity index is 2.88. The molecule has 15 heavy (non-hydrogen) atoms. The van der Waals surface area contributed by atoms with Crippen molar-refractivity contribution in [3.05, 3.63) is 11.3 Å². The second kappa shape index (κ2) is 5.32. The Morgan fingerprint density at radius 3 is 2.87 bits per heavy atom. The number of carbonyl (C=O) groups excluding carboxylic acids is 1. The van der Waals surface area contributed by atoms with Crippen molar-refractivity contribution in [3.63, 3.8) is 0 Å². The van der Waals surface area contributed by atoms with Gasteiger partial charge in [-0.3, -0.25) is 9.48 Å². The molecule has 4 nitrogen and oxygen atoms in total. The van der Waals surface area contributed by atoms with E-state index in [1.165, 1.54) is 0 Å². The number of aldehydes is 1. The minimum absolute atomic E-state index is 0.168. The van der Waals surface area contributed by atoms with Crippen molar-refractivity contribution in [1.29, 1.82) is 0 Å². The second-order valence-corrected chi connectivity index (χ2v) is 4.91. The van der Waals surface area contributed by atoms with Gasteiger partial charge in [0.05, 0.1) is 11.3 Å². The van der Waals surface area contributed by atoms with Gasteiger partial charge in [0.25, 0.3) is 0 Å². The Kier molecular flexibility index (Phi) is 4.35. The van der Waals surface area contributed by atoms with E-state index in [-0.39, 0.29) is 11.9 Å². The third kappa shape index (κ3) is 2.82. The topological polar surface area (TPSA) is 55.1 Å². The fourth-order valence-corrected chi connectivity index (χ4v) is 2.48. The number of rotatable bonds is 5. The zero-order valence-electron chi connectivity index (χ0n) is 9.23. The van der Waals surface area contributed by atoms with E-state index in [9.17, 15) is 4.79 Å². The molecule has 1 heterocycles. The van der Waals surface area contributed by atoms with Crippen LogP contribution in [0.25, 0.3) is 0 Å². The molecule has 0 radical (unpaired) electrons. The molecule has 0 amide bonds. The quantitative estimate of drug-likeness (QED) is 0.611. The van der Waals surface area contributed by atoms with Crippen LogP contribution in [0, 0.1) is 6.92 Å². The van der Waals surface area contributed by atoms with E-state index >= 15 is 0 Å². The molecule has 1 aromatic heterocycles. The fraction of sp³-hybridized carbons (Fsp3) is 0.600. The van der Waals surface area contributed by atoms with Crippen LogP contribution in [0.2, 0.25) is 0 Å². The molecular formula is C10H16N2O2S. The lowest BCUT2D eigenvalue weighted by Crippen LogP contribution is -2.03. The number of aromatic nitrogens is 2. The molecule has 0 fully saturated rings. The maximum atomic E-state index is 10.9. The van der Waals surface area contributed by atoms with E-state index in [1.807, 2.05) is 20.9 Å². The van der Waals surface area contributed by atoms with Gasteiger partial charge in [0, 0.05) is 18.9 Å². The van der Waals surface area contributed by atoms with Crippen molar-refractivity contribution in [2.45, 2.75) is 30.5 Å². The lowest BCUT2D eigenvalue weighted by molar-refractivity contribution is 0.112. The number of thioether (sulfide) groups is 1. The first-order valence-corrected chi connectivity index (χ1v) is 5.74. The maximum Gasteiger partial charge on any atom is 0.154 e. The normalized spacial score (nSPS) is 12.8. The third-order valence-electron chi connectivity index (χ3n) is 2.18. The van der Waals surface area contributed by atoms with Crippen molar-refractivity contribution in [3.8, 4) is 0 Å². The number of aryl methyl sites for hydroxylation is 2. The third-order valence-corrected chi connectivity index (χ3v) is 3.53. The molecule has 5 heteroatoms. The van der Waals surface area contributed by atoms with Crippen LogP contribution in [0.4, 0.5) is 0 Å². The summed E-state index contributed by atoms with van der Waals surface area (Å²) < 4.78 is 1.72. The van der Waals surface area contributed by atoms with Crippen molar-refractivity contribution in [2.24, 2.45) is 7.05 Å². The first-order valence-electron chi connectivity index (χ1n) is 4.86. The molecule has 0 aliphatic rings. The highest BCUT2D eigenvalue weighted by atomic mass is 32.2. The Morgan fingerprint density at radius 2 is 2.33 bits per heavy atom. The van der Waals surface area contributed by atoms with E-state index in [0.29, 0.717) is 12.0 Å². The van der Waals surface area contributed by atoms with E-state index in [1.54, 1.807) is 16.4 Å². The molecule has 0 saturated heterocycles. The Labute approximate surface area is 93.7 Å². The highest BCUT2D eigenvalue weighted by Gasteiger charge is 2.15. The molecular weight excluding hydrogens is 212 g/mol. The summed E-state index contributed by atoms with van der Waals surface area (Å²) in [6, 6.07) is 0. The first-order chi connectivity index (χ1) is 7.10. The molecule has 1 unspecified atom stereocenters. The van der Waals surface area contributed by atoms with Crippen LogP contribution in [0.15, 0.2) is 5.03 Å². The number of carbonyl (C=O) groups is 1. The van der Waals surface area contributed by atoms with E-state index < -0.39 is 0 Å². The SMILES string of the molecule is Cc1nn(C)c(SC(C)CCO)c1C=O. The van der Waals surface area contributed by atoms with E-state index in [2.05, 4.69) is 5.10 Å². The first kappa shape index (κ1) is 12.3. The summed E-state index contributed by atoms with van der Waals surface area (Å²) in [5, 5.41) is 14.2. The van der Waals surface area contributed by atoms with Crippen LogP contribution in [-0.4, -0.2) is 33.0 Å². The smallest absolute Gasteiger partial charge is 0.154 e. The molecule has 0 aliphatic carbocycles. The highest BCUT2D eigenvalue weighted by Crippen LogP contribution is 2.28. The van der Waals surface area contributed by atoms with E-state index in [0.717, 1.165) is 17.0 Å². The largest absolute Gasteiger partial charge is 0.396 e. The van der Waals surface area contributed by atoms with Gasteiger partial charge in [0.15, 0.2) is 6.29 Å². The number of hydrogen-bond donors (Lipinski definition) is 1. The lowest BCUT2D eigenvalue weighted by atomic mass is 10.3. The average Bonchev–Trinajstić information content (AvgIpc) is 2.42. The lowest BCUT2D eigenvalue weighted by Gasteiger charge is -2.09. The summed E-state index contributed by atoms with van der Waals surface area (Å²) in [4.78, 5) is 10.9. The van der Waals surface area contributed by atoms with Crippen LogP contribution in [0.5, 0.6) is 0 Å². The standard InChI is InChI=1S/C10H16N2O2S/c1-7(4-5-13)15-10-9(6-14)8(2)11-12(10)3/h6-7,13H,4-5H2,1-3H3. The van der Waals surface area contributed by atoms with Gasteiger partial charge in [-0.05, 0) is 13.3 Å². The highest BCUT2D eigenvalue weighted by molar-refractivity contribution is 7.99. The van der Waals surface area contributed by atoms with Crippen LogP contribution >= 0.6 is 11.8 Å². The van der Waals surface area contributed by atoms with Gasteiger partial charge in [-0.25, -0.2) is 0 Å². The molecule has 0 bridgehead atoms. The molecule has 1 rings (SSSR count). The van der Waals surface area contributed by atoms with Gasteiger partial charge in [0.2, 0.25) is 0 Å². The van der Waals surface area contributed by atoms with Crippen molar-refractivity contribution in [2.75, 3.05) is 6.61 Å². The molecule has 0 saturated carbocycles. The predicted octanol–water partition coefficient (Wildman–Crippen LogP) is 1.40. The van der Waals surface area contributed by atoms with Gasteiger partial charge in [-0.15, -0.1) is 11.8 Å². The average molecular weight is 228 g/mol. The molecule has 1 aromatic rings. The summed E-state index contributed by atoms with van der Waals surface area (Å²) in [5.74, 6) is 0. The van der Waals surface area contributed by atoms with E-state index in [4.69, 9.17) is 5.11 Å². The molecule has 1 atom stereocenters. The summed E-state index contributed by atoms with van der Waals surface area (Å²) >= 11 is 1.58. The Morgan fingerprint density at radius 1 is 1.67 bits per heavy atom. The van der Waals surface area contributed by atoms with Gasteiger partial charge >= 0.3 is 0 Å². The zero-order chi connectivity index (χ0) is 11.4. The van der Waals surface area contributed by atoms with Gasteiger partial charge < -0.3 is 5.11 Å². The van der Waals surface area contributed by atoms with Crippen LogP contribution in [-0.2, 0) is 7.05 Å². The molecule has 1 N–H and O–H groups in total. The van der Waals surface area contributed by atoms with Crippen molar-refractivity contribution in [1.82, 2.24) is 9.78 Å². The van der Waals surface area contributed by atoms with Crippen molar-refractivity contribution < 1.29 is 9.90 Å². The fourth-order valence-electron chi connectivity index (χ4n) is 1.36. The van der Waals surface area contributed by atoms with Gasteiger partial charge in [-0.2, -0.15) is 5.10 Å². The Bertz CT molecular complexity index is 349. The monoisotopic (exact) mass is 228 g/mol. The molecule has 0 aliphatic heterocycles. The number of nitrogens with zero attached hydrogens (tertiary/aromatic N) is 2. The Hall–Kier alpha value is -0.810. The maximum absolute atomic E-state index is 10.9. The molecule has 0 aromatic carbocycles. The predicted molar refractivity (Wildman–Crippen MR) is 60.4 cm³/mol. The second-order valence-electron chi connectivity index (χ2n) is 3.49. The molecule has 0 spiro atoms. The van der Waals surface area contributed by atoms with Crippen LogP contribution < -0.4 is 0 Å². The molecule has 84 valence electrons. The number of hydrogen-bond acceptors (Lipinski definition) is 4. The van der Waals surface area contributed by atoms with Crippen molar-refractivity contribution >= 4 is 18.0 Å². The number of aliphatic hydroxyl groups is 1. The summed E-state index contributed by atoms with van der Waals surface area (Å²) in [6.45, 7) is 4.02. The minimum atomic E-state index is 0.168. The summed E-state index contributed by atoms with van der Waals surface area (Å²) in [5.41, 5.74) is 1.42. The van der Waals surface area contributed by atoms with Gasteiger partial charge in [-0.1, -0.05) is 6.92 Å². The van der Waals surface area contributed by atoms with Gasteiger partial charge in [0.1, 0.15) is 5.03 Å². The summed E-state index contributed by atoms with van der Waals surface area (Å²) in [6.07, 6.45) is 1.56.